The Hall–Kier alpha value is -3.65. The zero-order chi connectivity index (χ0) is 20.9. The van der Waals surface area contributed by atoms with E-state index in [0.717, 1.165) is 27.8 Å². The topological polar surface area (TPSA) is 85.4 Å². The molecule has 2 N–H and O–H groups in total. The van der Waals surface area contributed by atoms with Crippen molar-refractivity contribution in [3.63, 3.8) is 0 Å². The Labute approximate surface area is 177 Å². The number of nitrogens with one attached hydrogen (secondary N) is 2. The predicted molar refractivity (Wildman–Crippen MR) is 119 cm³/mol. The lowest BCUT2D eigenvalue weighted by molar-refractivity contribution is -0.115. The van der Waals surface area contributed by atoms with Crippen LogP contribution in [0, 0.1) is 0 Å². The van der Waals surface area contributed by atoms with Crippen LogP contribution in [-0.2, 0) is 11.2 Å². The molecule has 0 fully saturated rings. The number of nitrogens with zero attached hydrogens (tertiary/aromatic N) is 2. The minimum Gasteiger partial charge on any atom is -0.493 e. The third-order valence-electron chi connectivity index (χ3n) is 4.52. The summed E-state index contributed by atoms with van der Waals surface area (Å²) in [5.41, 5.74) is 3.32. The van der Waals surface area contributed by atoms with Crippen LogP contribution in [0.5, 0.6) is 11.5 Å². The third kappa shape index (κ3) is 4.33. The lowest BCUT2D eigenvalue weighted by Gasteiger charge is -2.12. The molecule has 2 aromatic carbocycles. The number of amides is 1. The third-order valence-corrected chi connectivity index (χ3v) is 5.25. The Morgan fingerprint density at radius 3 is 2.43 bits per heavy atom. The molecule has 0 saturated carbocycles. The molecule has 4 aromatic rings. The van der Waals surface area contributed by atoms with Crippen molar-refractivity contribution >= 4 is 45.3 Å². The number of methoxy groups -OCH3 is 2. The van der Waals surface area contributed by atoms with Crippen molar-refractivity contribution < 1.29 is 14.3 Å². The van der Waals surface area contributed by atoms with Crippen LogP contribution in [0.3, 0.4) is 0 Å². The number of fused-ring (bicyclic) bond motifs is 1. The second-order valence-electron chi connectivity index (χ2n) is 6.51. The first-order chi connectivity index (χ1) is 14.7. The van der Waals surface area contributed by atoms with E-state index < -0.39 is 0 Å². The van der Waals surface area contributed by atoms with Crippen LogP contribution in [0.4, 0.5) is 17.2 Å². The summed E-state index contributed by atoms with van der Waals surface area (Å²) in [5, 5.41) is 11.0. The molecule has 0 spiro atoms. The number of carbonyl (C=O) groups is 1. The average Bonchev–Trinajstić information content (AvgIpc) is 3.27. The van der Waals surface area contributed by atoms with E-state index >= 15 is 0 Å². The fraction of sp³-hybridized carbons (Fsp3) is 0.136. The number of rotatable bonds is 7. The van der Waals surface area contributed by atoms with Gasteiger partial charge in [0.05, 0.1) is 26.2 Å². The van der Waals surface area contributed by atoms with Gasteiger partial charge in [-0.1, -0.05) is 0 Å². The zero-order valence-electron chi connectivity index (χ0n) is 16.5. The fourth-order valence-corrected chi connectivity index (χ4v) is 3.71. The van der Waals surface area contributed by atoms with Crippen LogP contribution in [-0.4, -0.2) is 30.1 Å². The summed E-state index contributed by atoms with van der Waals surface area (Å²) >= 11 is 1.58. The van der Waals surface area contributed by atoms with Gasteiger partial charge < -0.3 is 20.1 Å². The molecular formula is C22H20N4O3S. The second kappa shape index (κ2) is 8.79. The molecule has 0 atom stereocenters. The maximum atomic E-state index is 12.2. The highest BCUT2D eigenvalue weighted by Gasteiger charge is 2.11. The smallest absolute Gasteiger partial charge is 0.228 e. The molecule has 0 saturated heterocycles. The molecule has 0 bridgehead atoms. The minimum atomic E-state index is -0.0445. The van der Waals surface area contributed by atoms with Gasteiger partial charge in [-0.3, -0.25) is 4.79 Å². The Balaban J connectivity index is 1.50. The number of benzene rings is 2. The first-order valence-corrected chi connectivity index (χ1v) is 10.2. The van der Waals surface area contributed by atoms with Crippen molar-refractivity contribution in [1.29, 1.82) is 0 Å². The molecule has 0 radical (unpaired) electrons. The lowest BCUT2D eigenvalue weighted by atomic mass is 10.2. The first-order valence-electron chi connectivity index (χ1n) is 9.21. The van der Waals surface area contributed by atoms with Gasteiger partial charge in [0.15, 0.2) is 11.5 Å². The number of carbonyl (C=O) groups excluding carboxylic acids is 1. The van der Waals surface area contributed by atoms with Gasteiger partial charge in [-0.25, -0.2) is 9.97 Å². The standard InChI is InChI=1S/C22H20N4O3S/c1-28-19-10-17-18(11-20(19)29-2)23-13-24-22(17)26-16-5-3-15(4-6-16)25-21(27)9-14-7-8-30-12-14/h3-8,10-13H,9H2,1-2H3,(H,25,27)(H,23,24,26). The normalized spacial score (nSPS) is 10.6. The maximum Gasteiger partial charge on any atom is 0.228 e. The van der Waals surface area contributed by atoms with Gasteiger partial charge in [-0.05, 0) is 52.7 Å². The zero-order valence-corrected chi connectivity index (χ0v) is 17.3. The van der Waals surface area contributed by atoms with E-state index in [0.29, 0.717) is 23.7 Å². The number of hydrogen-bond donors (Lipinski definition) is 2. The van der Waals surface area contributed by atoms with Crippen LogP contribution >= 0.6 is 11.3 Å². The molecule has 0 unspecified atom stereocenters. The number of thiophene rings is 1. The molecule has 0 aliphatic rings. The summed E-state index contributed by atoms with van der Waals surface area (Å²) in [6.07, 6.45) is 1.86. The monoisotopic (exact) mass is 420 g/mol. The van der Waals surface area contributed by atoms with Gasteiger partial charge in [0, 0.05) is 22.8 Å². The number of anilines is 3. The molecule has 0 aliphatic heterocycles. The molecule has 0 aliphatic carbocycles. The molecular weight excluding hydrogens is 400 g/mol. The summed E-state index contributed by atoms with van der Waals surface area (Å²) in [6.45, 7) is 0. The highest BCUT2D eigenvalue weighted by atomic mass is 32.1. The van der Waals surface area contributed by atoms with Crippen LogP contribution < -0.4 is 20.1 Å². The lowest BCUT2D eigenvalue weighted by Crippen LogP contribution is -2.13. The Kier molecular flexibility index (Phi) is 5.76. The summed E-state index contributed by atoms with van der Waals surface area (Å²) in [5.74, 6) is 1.82. The van der Waals surface area contributed by atoms with Gasteiger partial charge in [-0.2, -0.15) is 11.3 Å². The molecule has 2 aromatic heterocycles. The predicted octanol–water partition coefficient (Wildman–Crippen LogP) is 4.63. The van der Waals surface area contributed by atoms with Gasteiger partial charge in [0.1, 0.15) is 12.1 Å². The molecule has 2 heterocycles. The van der Waals surface area contributed by atoms with Crippen molar-refractivity contribution in [2.24, 2.45) is 0 Å². The molecule has 4 rings (SSSR count). The number of aromatic nitrogens is 2. The van der Waals surface area contributed by atoms with Gasteiger partial charge >= 0.3 is 0 Å². The highest BCUT2D eigenvalue weighted by molar-refractivity contribution is 7.08. The Morgan fingerprint density at radius 1 is 1.00 bits per heavy atom. The summed E-state index contributed by atoms with van der Waals surface area (Å²) < 4.78 is 10.7. The second-order valence-corrected chi connectivity index (χ2v) is 7.29. The van der Waals surface area contributed by atoms with Crippen LogP contribution in [0.15, 0.2) is 59.6 Å². The van der Waals surface area contributed by atoms with E-state index in [1.54, 1.807) is 25.6 Å². The first kappa shape index (κ1) is 19.7. The average molecular weight is 420 g/mol. The van der Waals surface area contributed by atoms with Gasteiger partial charge in [0.25, 0.3) is 0 Å². The Morgan fingerprint density at radius 2 is 1.73 bits per heavy atom. The molecule has 7 nitrogen and oxygen atoms in total. The van der Waals surface area contributed by atoms with Crippen molar-refractivity contribution in [3.05, 3.63) is 65.1 Å². The van der Waals surface area contributed by atoms with Gasteiger partial charge in [0.2, 0.25) is 5.91 Å². The van der Waals surface area contributed by atoms with Crippen molar-refractivity contribution in [2.75, 3.05) is 24.9 Å². The van der Waals surface area contributed by atoms with E-state index in [1.807, 2.05) is 53.2 Å². The summed E-state index contributed by atoms with van der Waals surface area (Å²) in [6, 6.07) is 13.1. The number of ether oxygens (including phenoxy) is 2. The molecule has 1 amide bonds. The SMILES string of the molecule is COc1cc2ncnc(Nc3ccc(NC(=O)Cc4ccsc4)cc3)c2cc1OC. The maximum absolute atomic E-state index is 12.2. The van der Waals surface area contributed by atoms with Crippen molar-refractivity contribution in [3.8, 4) is 11.5 Å². The van der Waals surface area contributed by atoms with E-state index in [9.17, 15) is 4.79 Å². The minimum absolute atomic E-state index is 0.0445. The van der Waals surface area contributed by atoms with Crippen molar-refractivity contribution in [1.82, 2.24) is 9.97 Å². The largest absolute Gasteiger partial charge is 0.493 e. The quantitative estimate of drug-likeness (QED) is 0.453. The molecule has 30 heavy (non-hydrogen) atoms. The molecule has 8 heteroatoms. The molecule has 152 valence electrons. The Bertz CT molecular complexity index is 1160. The van der Waals surface area contributed by atoms with E-state index in [1.165, 1.54) is 6.33 Å². The van der Waals surface area contributed by atoms with Crippen LogP contribution in [0.2, 0.25) is 0 Å². The summed E-state index contributed by atoms with van der Waals surface area (Å²) in [4.78, 5) is 20.8. The van der Waals surface area contributed by atoms with Crippen molar-refractivity contribution in [2.45, 2.75) is 6.42 Å². The van der Waals surface area contributed by atoms with E-state index in [2.05, 4.69) is 20.6 Å². The van der Waals surface area contributed by atoms with Crippen LogP contribution in [0.25, 0.3) is 10.9 Å². The van der Waals surface area contributed by atoms with Crippen LogP contribution in [0.1, 0.15) is 5.56 Å². The fourth-order valence-electron chi connectivity index (χ4n) is 3.04. The van der Waals surface area contributed by atoms with E-state index in [4.69, 9.17) is 9.47 Å². The van der Waals surface area contributed by atoms with E-state index in [-0.39, 0.29) is 5.91 Å². The number of hydrogen-bond acceptors (Lipinski definition) is 7. The van der Waals surface area contributed by atoms with Gasteiger partial charge in [-0.15, -0.1) is 0 Å². The summed E-state index contributed by atoms with van der Waals surface area (Å²) in [7, 11) is 3.18. The highest BCUT2D eigenvalue weighted by Crippen LogP contribution is 2.34.